The minimum atomic E-state index is -0.104. The maximum Gasteiger partial charge on any atom is 0.221 e. The van der Waals surface area contributed by atoms with Crippen molar-refractivity contribution in [2.75, 3.05) is 5.32 Å². The first-order valence-corrected chi connectivity index (χ1v) is 5.69. The maximum absolute atomic E-state index is 11.2. The molecular formula is C14H20N2O. The fourth-order valence-corrected chi connectivity index (χ4v) is 1.74. The molecule has 0 unspecified atom stereocenters. The van der Waals surface area contributed by atoms with Crippen LogP contribution >= 0.6 is 0 Å². The van der Waals surface area contributed by atoms with Crippen LogP contribution < -0.4 is 11.1 Å². The maximum atomic E-state index is 11.2. The third-order valence-electron chi connectivity index (χ3n) is 2.67. The Morgan fingerprint density at radius 3 is 2.41 bits per heavy atom. The summed E-state index contributed by atoms with van der Waals surface area (Å²) in [4.78, 5) is 11.2. The van der Waals surface area contributed by atoms with Crippen molar-refractivity contribution in [3.63, 3.8) is 0 Å². The molecule has 1 rings (SSSR count). The zero-order valence-electron chi connectivity index (χ0n) is 10.9. The first-order valence-electron chi connectivity index (χ1n) is 5.69. The molecule has 0 aromatic heterocycles. The van der Waals surface area contributed by atoms with Gasteiger partial charge in [-0.25, -0.2) is 0 Å². The van der Waals surface area contributed by atoms with Gasteiger partial charge in [0, 0.05) is 18.2 Å². The molecule has 17 heavy (non-hydrogen) atoms. The number of carbonyl (C=O) groups excluding carboxylic acids is 1. The van der Waals surface area contributed by atoms with E-state index in [1.807, 2.05) is 13.0 Å². The lowest BCUT2D eigenvalue weighted by Gasteiger charge is -2.16. The van der Waals surface area contributed by atoms with Gasteiger partial charge >= 0.3 is 0 Å². The molecule has 0 saturated heterocycles. The number of rotatable bonds is 3. The van der Waals surface area contributed by atoms with Crippen molar-refractivity contribution in [1.29, 1.82) is 0 Å². The van der Waals surface area contributed by atoms with Crippen LogP contribution in [0.25, 0.3) is 5.70 Å². The highest BCUT2D eigenvalue weighted by molar-refractivity contribution is 5.93. The van der Waals surface area contributed by atoms with Crippen molar-refractivity contribution in [3.8, 4) is 0 Å². The van der Waals surface area contributed by atoms with E-state index in [-0.39, 0.29) is 5.91 Å². The van der Waals surface area contributed by atoms with Crippen LogP contribution in [0.4, 0.5) is 5.69 Å². The SMILES string of the molecule is C=C(N)c1cc(C(C)C)cc(C)c1NC(C)=O. The van der Waals surface area contributed by atoms with Crippen LogP contribution in [0.2, 0.25) is 0 Å². The summed E-state index contributed by atoms with van der Waals surface area (Å²) in [7, 11) is 0. The Morgan fingerprint density at radius 2 is 2.00 bits per heavy atom. The van der Waals surface area contributed by atoms with Crippen LogP contribution in [-0.2, 0) is 4.79 Å². The third kappa shape index (κ3) is 3.09. The Balaban J connectivity index is 3.38. The monoisotopic (exact) mass is 232 g/mol. The molecule has 92 valence electrons. The topological polar surface area (TPSA) is 55.1 Å². The summed E-state index contributed by atoms with van der Waals surface area (Å²) in [5.41, 5.74) is 10.0. The minimum Gasteiger partial charge on any atom is -0.399 e. The number of amides is 1. The van der Waals surface area contributed by atoms with Crippen molar-refractivity contribution in [1.82, 2.24) is 0 Å². The fourth-order valence-electron chi connectivity index (χ4n) is 1.74. The predicted molar refractivity (Wildman–Crippen MR) is 72.8 cm³/mol. The highest BCUT2D eigenvalue weighted by atomic mass is 16.1. The minimum absolute atomic E-state index is 0.104. The first kappa shape index (κ1) is 13.3. The van der Waals surface area contributed by atoms with E-state index in [2.05, 4.69) is 31.8 Å². The van der Waals surface area contributed by atoms with Crippen LogP contribution in [0.1, 0.15) is 43.4 Å². The lowest BCUT2D eigenvalue weighted by molar-refractivity contribution is -0.114. The molecule has 3 N–H and O–H groups in total. The van der Waals surface area contributed by atoms with E-state index in [0.717, 1.165) is 16.8 Å². The summed E-state index contributed by atoms with van der Waals surface area (Å²) in [5.74, 6) is 0.311. The van der Waals surface area contributed by atoms with Gasteiger partial charge in [0.15, 0.2) is 0 Å². The number of aryl methyl sites for hydroxylation is 1. The summed E-state index contributed by atoms with van der Waals surface area (Å²) in [5, 5.41) is 2.81. The molecule has 0 atom stereocenters. The molecule has 1 aromatic rings. The molecule has 0 saturated carbocycles. The molecule has 3 nitrogen and oxygen atoms in total. The summed E-state index contributed by atoms with van der Waals surface area (Å²) in [6.07, 6.45) is 0. The summed E-state index contributed by atoms with van der Waals surface area (Å²) >= 11 is 0. The number of nitrogens with one attached hydrogen (secondary N) is 1. The highest BCUT2D eigenvalue weighted by Gasteiger charge is 2.12. The van der Waals surface area contributed by atoms with Gasteiger partial charge in [-0.2, -0.15) is 0 Å². The third-order valence-corrected chi connectivity index (χ3v) is 2.67. The molecule has 0 aliphatic rings. The van der Waals surface area contributed by atoms with Crippen LogP contribution in [0, 0.1) is 6.92 Å². The molecule has 0 heterocycles. The highest BCUT2D eigenvalue weighted by Crippen LogP contribution is 2.29. The van der Waals surface area contributed by atoms with Gasteiger partial charge in [-0.05, 0) is 30.0 Å². The molecule has 0 spiro atoms. The Hall–Kier alpha value is -1.77. The second-order valence-corrected chi connectivity index (χ2v) is 4.62. The van der Waals surface area contributed by atoms with Crippen molar-refractivity contribution in [2.45, 2.75) is 33.6 Å². The van der Waals surface area contributed by atoms with Crippen molar-refractivity contribution >= 4 is 17.3 Å². The zero-order valence-corrected chi connectivity index (χ0v) is 10.9. The van der Waals surface area contributed by atoms with E-state index in [0.29, 0.717) is 11.6 Å². The zero-order chi connectivity index (χ0) is 13.2. The van der Waals surface area contributed by atoms with Gasteiger partial charge in [0.1, 0.15) is 0 Å². The predicted octanol–water partition coefficient (Wildman–Crippen LogP) is 3.01. The Labute approximate surface area is 103 Å². The lowest BCUT2D eigenvalue weighted by atomic mass is 9.95. The first-order chi connectivity index (χ1) is 7.82. The van der Waals surface area contributed by atoms with Crippen LogP contribution in [0.5, 0.6) is 0 Å². The van der Waals surface area contributed by atoms with E-state index in [4.69, 9.17) is 5.73 Å². The quantitative estimate of drug-likeness (QED) is 0.841. The van der Waals surface area contributed by atoms with Gasteiger partial charge in [-0.1, -0.05) is 26.5 Å². The molecule has 0 bridgehead atoms. The van der Waals surface area contributed by atoms with E-state index in [1.165, 1.54) is 12.5 Å². The number of anilines is 1. The molecule has 0 fully saturated rings. The second-order valence-electron chi connectivity index (χ2n) is 4.62. The molecule has 0 aliphatic heterocycles. The average molecular weight is 232 g/mol. The normalized spacial score (nSPS) is 10.4. The van der Waals surface area contributed by atoms with Gasteiger partial charge in [-0.3, -0.25) is 4.79 Å². The van der Waals surface area contributed by atoms with Gasteiger partial charge in [0.2, 0.25) is 5.91 Å². The lowest BCUT2D eigenvalue weighted by Crippen LogP contribution is -2.11. The molecular weight excluding hydrogens is 212 g/mol. The van der Waals surface area contributed by atoms with Gasteiger partial charge in [0.25, 0.3) is 0 Å². The van der Waals surface area contributed by atoms with Crippen LogP contribution in [0.3, 0.4) is 0 Å². The van der Waals surface area contributed by atoms with Gasteiger partial charge < -0.3 is 11.1 Å². The average Bonchev–Trinajstić information content (AvgIpc) is 2.19. The molecule has 0 radical (unpaired) electrons. The molecule has 3 heteroatoms. The summed E-state index contributed by atoms with van der Waals surface area (Å²) in [6.45, 7) is 11.5. The molecule has 1 amide bonds. The fraction of sp³-hybridized carbons (Fsp3) is 0.357. The van der Waals surface area contributed by atoms with E-state index in [1.54, 1.807) is 0 Å². The Kier molecular flexibility index (Phi) is 3.94. The van der Waals surface area contributed by atoms with Crippen molar-refractivity contribution in [2.24, 2.45) is 5.73 Å². The number of hydrogen-bond acceptors (Lipinski definition) is 2. The van der Waals surface area contributed by atoms with Crippen LogP contribution in [-0.4, -0.2) is 5.91 Å². The van der Waals surface area contributed by atoms with Crippen molar-refractivity contribution in [3.05, 3.63) is 35.4 Å². The van der Waals surface area contributed by atoms with Gasteiger partial charge in [0.05, 0.1) is 5.69 Å². The largest absolute Gasteiger partial charge is 0.399 e. The smallest absolute Gasteiger partial charge is 0.221 e. The van der Waals surface area contributed by atoms with E-state index >= 15 is 0 Å². The summed E-state index contributed by atoms with van der Waals surface area (Å²) < 4.78 is 0. The van der Waals surface area contributed by atoms with Crippen LogP contribution in [0.15, 0.2) is 18.7 Å². The number of carbonyl (C=O) groups is 1. The number of nitrogens with two attached hydrogens (primary N) is 1. The number of benzene rings is 1. The number of hydrogen-bond donors (Lipinski definition) is 2. The Morgan fingerprint density at radius 1 is 1.41 bits per heavy atom. The molecule has 1 aromatic carbocycles. The second kappa shape index (κ2) is 5.04. The van der Waals surface area contributed by atoms with E-state index < -0.39 is 0 Å². The standard InChI is InChI=1S/C14H20N2O/c1-8(2)12-6-9(3)14(16-11(5)17)13(7-12)10(4)15/h6-8H,4,15H2,1-3,5H3,(H,16,17). The summed E-state index contributed by atoms with van der Waals surface area (Å²) in [6, 6.07) is 4.06. The molecule has 0 aliphatic carbocycles. The van der Waals surface area contributed by atoms with Crippen molar-refractivity contribution < 1.29 is 4.79 Å². The van der Waals surface area contributed by atoms with E-state index in [9.17, 15) is 4.79 Å². The Bertz CT molecular complexity index is 462. The van der Waals surface area contributed by atoms with Gasteiger partial charge in [-0.15, -0.1) is 0 Å².